The number of carbonyl (C=O) groups is 1. The summed E-state index contributed by atoms with van der Waals surface area (Å²) in [5.74, 6) is -0.382. The standard InChI is InChI=1S/C12H13NO3S/c1-8-10(4-11(16-8)12(14)15)6-13-5-9-2-3-17-7-9/h2-4,7,13H,5-6H2,1H3,(H,14,15). The van der Waals surface area contributed by atoms with Crippen LogP contribution in [0.1, 0.15) is 27.4 Å². The molecule has 0 spiro atoms. The fourth-order valence-corrected chi connectivity index (χ4v) is 2.20. The molecule has 0 atom stereocenters. The highest BCUT2D eigenvalue weighted by molar-refractivity contribution is 7.07. The quantitative estimate of drug-likeness (QED) is 0.857. The van der Waals surface area contributed by atoms with Crippen molar-refractivity contribution >= 4 is 17.3 Å². The van der Waals surface area contributed by atoms with Gasteiger partial charge in [-0.05, 0) is 35.4 Å². The van der Waals surface area contributed by atoms with Crippen LogP contribution in [0.5, 0.6) is 0 Å². The van der Waals surface area contributed by atoms with Crippen LogP contribution in [-0.4, -0.2) is 11.1 Å². The first-order valence-electron chi connectivity index (χ1n) is 5.21. The van der Waals surface area contributed by atoms with E-state index in [1.165, 1.54) is 5.56 Å². The summed E-state index contributed by atoms with van der Waals surface area (Å²) in [6, 6.07) is 3.63. The van der Waals surface area contributed by atoms with Gasteiger partial charge in [0, 0.05) is 18.7 Å². The lowest BCUT2D eigenvalue weighted by atomic mass is 10.2. The lowest BCUT2D eigenvalue weighted by Gasteiger charge is -2.01. The maximum absolute atomic E-state index is 10.7. The van der Waals surface area contributed by atoms with Crippen molar-refractivity contribution < 1.29 is 14.3 Å². The van der Waals surface area contributed by atoms with E-state index in [4.69, 9.17) is 9.52 Å². The third-order valence-electron chi connectivity index (χ3n) is 2.46. The minimum Gasteiger partial charge on any atom is -0.475 e. The molecule has 0 radical (unpaired) electrons. The smallest absolute Gasteiger partial charge is 0.371 e. The Morgan fingerprint density at radius 3 is 2.94 bits per heavy atom. The van der Waals surface area contributed by atoms with Gasteiger partial charge in [-0.3, -0.25) is 0 Å². The molecule has 0 aliphatic heterocycles. The molecule has 5 heteroatoms. The van der Waals surface area contributed by atoms with E-state index in [9.17, 15) is 4.79 Å². The molecule has 2 aromatic heterocycles. The highest BCUT2D eigenvalue weighted by Gasteiger charge is 2.12. The average Bonchev–Trinajstić information content (AvgIpc) is 2.89. The van der Waals surface area contributed by atoms with Crippen LogP contribution in [0.25, 0.3) is 0 Å². The fraction of sp³-hybridized carbons (Fsp3) is 0.250. The van der Waals surface area contributed by atoms with E-state index >= 15 is 0 Å². The zero-order valence-corrected chi connectivity index (χ0v) is 10.2. The summed E-state index contributed by atoms with van der Waals surface area (Å²) in [4.78, 5) is 10.7. The number of aryl methyl sites for hydroxylation is 1. The number of rotatable bonds is 5. The molecule has 17 heavy (non-hydrogen) atoms. The van der Waals surface area contributed by atoms with Crippen molar-refractivity contribution in [3.8, 4) is 0 Å². The van der Waals surface area contributed by atoms with E-state index < -0.39 is 5.97 Å². The zero-order valence-electron chi connectivity index (χ0n) is 9.40. The molecule has 0 saturated heterocycles. The summed E-state index contributed by atoms with van der Waals surface area (Å²) in [5.41, 5.74) is 2.12. The average molecular weight is 251 g/mol. The SMILES string of the molecule is Cc1oc(C(=O)O)cc1CNCc1ccsc1. The Hall–Kier alpha value is -1.59. The second kappa shape index (κ2) is 5.16. The van der Waals surface area contributed by atoms with Crippen molar-refractivity contribution in [1.82, 2.24) is 5.32 Å². The highest BCUT2D eigenvalue weighted by Crippen LogP contribution is 2.14. The Bertz CT molecular complexity index is 502. The minimum atomic E-state index is -1.03. The number of hydrogen-bond donors (Lipinski definition) is 2. The van der Waals surface area contributed by atoms with Crippen molar-refractivity contribution in [2.45, 2.75) is 20.0 Å². The Morgan fingerprint density at radius 2 is 2.35 bits per heavy atom. The summed E-state index contributed by atoms with van der Waals surface area (Å²) < 4.78 is 5.13. The lowest BCUT2D eigenvalue weighted by molar-refractivity contribution is 0.0661. The van der Waals surface area contributed by atoms with Gasteiger partial charge in [0.1, 0.15) is 5.76 Å². The maximum Gasteiger partial charge on any atom is 0.371 e. The minimum absolute atomic E-state index is 0.00478. The van der Waals surface area contributed by atoms with Crippen molar-refractivity contribution in [3.05, 3.63) is 45.5 Å². The van der Waals surface area contributed by atoms with Gasteiger partial charge in [0.2, 0.25) is 5.76 Å². The van der Waals surface area contributed by atoms with Gasteiger partial charge < -0.3 is 14.8 Å². The van der Waals surface area contributed by atoms with Gasteiger partial charge in [0.15, 0.2) is 0 Å². The van der Waals surface area contributed by atoms with Crippen LogP contribution < -0.4 is 5.32 Å². The van der Waals surface area contributed by atoms with Gasteiger partial charge in [0.25, 0.3) is 0 Å². The van der Waals surface area contributed by atoms with E-state index in [1.807, 2.05) is 5.38 Å². The molecule has 0 aliphatic rings. The van der Waals surface area contributed by atoms with Crippen molar-refractivity contribution in [2.24, 2.45) is 0 Å². The molecule has 0 bridgehead atoms. The first-order chi connectivity index (χ1) is 8.16. The number of thiophene rings is 1. The number of furan rings is 1. The predicted molar refractivity (Wildman–Crippen MR) is 65.3 cm³/mol. The molecule has 0 aliphatic carbocycles. The maximum atomic E-state index is 10.7. The Kier molecular flexibility index (Phi) is 3.61. The van der Waals surface area contributed by atoms with Gasteiger partial charge in [-0.25, -0.2) is 4.79 Å². The van der Waals surface area contributed by atoms with E-state index in [1.54, 1.807) is 24.3 Å². The Balaban J connectivity index is 1.92. The van der Waals surface area contributed by atoms with E-state index in [2.05, 4.69) is 16.8 Å². The second-order valence-electron chi connectivity index (χ2n) is 3.73. The summed E-state index contributed by atoms with van der Waals surface area (Å²) in [6.07, 6.45) is 0. The summed E-state index contributed by atoms with van der Waals surface area (Å²) in [5, 5.41) is 16.1. The molecule has 4 nitrogen and oxygen atoms in total. The van der Waals surface area contributed by atoms with Crippen molar-refractivity contribution in [2.75, 3.05) is 0 Å². The fourth-order valence-electron chi connectivity index (χ4n) is 1.54. The molecule has 0 unspecified atom stereocenters. The number of hydrogen-bond acceptors (Lipinski definition) is 4. The zero-order chi connectivity index (χ0) is 12.3. The molecule has 2 rings (SSSR count). The molecule has 2 N–H and O–H groups in total. The van der Waals surface area contributed by atoms with Crippen LogP contribution >= 0.6 is 11.3 Å². The van der Waals surface area contributed by atoms with Crippen LogP contribution in [-0.2, 0) is 13.1 Å². The summed E-state index contributed by atoms with van der Waals surface area (Å²) in [7, 11) is 0. The van der Waals surface area contributed by atoms with Gasteiger partial charge in [-0.2, -0.15) is 11.3 Å². The van der Waals surface area contributed by atoms with Gasteiger partial charge in [0.05, 0.1) is 0 Å². The Morgan fingerprint density at radius 1 is 1.53 bits per heavy atom. The molecular formula is C12H13NO3S. The monoisotopic (exact) mass is 251 g/mol. The molecule has 0 aromatic carbocycles. The van der Waals surface area contributed by atoms with Gasteiger partial charge in [-0.1, -0.05) is 0 Å². The van der Waals surface area contributed by atoms with Gasteiger partial charge in [-0.15, -0.1) is 0 Å². The molecule has 0 amide bonds. The second-order valence-corrected chi connectivity index (χ2v) is 4.51. The number of nitrogens with one attached hydrogen (secondary N) is 1. The molecule has 0 fully saturated rings. The van der Waals surface area contributed by atoms with Crippen LogP contribution in [0.4, 0.5) is 0 Å². The van der Waals surface area contributed by atoms with Crippen LogP contribution in [0.3, 0.4) is 0 Å². The first kappa shape index (κ1) is 11.9. The third-order valence-corrected chi connectivity index (χ3v) is 3.19. The number of aromatic carboxylic acids is 1. The molecule has 90 valence electrons. The topological polar surface area (TPSA) is 62.5 Å². The van der Waals surface area contributed by atoms with Crippen molar-refractivity contribution in [3.63, 3.8) is 0 Å². The summed E-state index contributed by atoms with van der Waals surface area (Å²) >= 11 is 1.66. The van der Waals surface area contributed by atoms with E-state index in [0.29, 0.717) is 12.3 Å². The molecular weight excluding hydrogens is 238 g/mol. The molecule has 2 aromatic rings. The van der Waals surface area contributed by atoms with Gasteiger partial charge >= 0.3 is 5.97 Å². The highest BCUT2D eigenvalue weighted by atomic mass is 32.1. The van der Waals surface area contributed by atoms with Crippen LogP contribution in [0, 0.1) is 6.92 Å². The largest absolute Gasteiger partial charge is 0.475 e. The third kappa shape index (κ3) is 2.95. The molecule has 2 heterocycles. The predicted octanol–water partition coefficient (Wildman–Crippen LogP) is 2.64. The van der Waals surface area contributed by atoms with E-state index in [0.717, 1.165) is 12.1 Å². The normalized spacial score (nSPS) is 10.6. The molecule has 0 saturated carbocycles. The first-order valence-corrected chi connectivity index (χ1v) is 6.15. The number of carboxylic acid groups (broad SMARTS) is 1. The van der Waals surface area contributed by atoms with Crippen LogP contribution in [0.2, 0.25) is 0 Å². The van der Waals surface area contributed by atoms with Crippen LogP contribution in [0.15, 0.2) is 27.3 Å². The lowest BCUT2D eigenvalue weighted by Crippen LogP contribution is -2.12. The Labute approximate surface area is 103 Å². The number of carboxylic acids is 1. The van der Waals surface area contributed by atoms with Crippen molar-refractivity contribution in [1.29, 1.82) is 0 Å². The summed E-state index contributed by atoms with van der Waals surface area (Å²) in [6.45, 7) is 3.16. The van der Waals surface area contributed by atoms with E-state index in [-0.39, 0.29) is 5.76 Å².